The Bertz CT molecular complexity index is 717. The molecule has 8 heteroatoms. The van der Waals surface area contributed by atoms with Crippen LogP contribution in [-0.2, 0) is 11.3 Å². The van der Waals surface area contributed by atoms with Gasteiger partial charge in [0, 0.05) is 6.54 Å². The highest BCUT2D eigenvalue weighted by Crippen LogP contribution is 2.35. The first-order valence-corrected chi connectivity index (χ1v) is 8.10. The summed E-state index contributed by atoms with van der Waals surface area (Å²) in [5.41, 5.74) is 0.800. The smallest absolute Gasteiger partial charge is 0.240 e. The normalized spacial score (nSPS) is 17.5. The number of anilines is 1. The van der Waals surface area contributed by atoms with Crippen LogP contribution in [0.4, 0.5) is 5.69 Å². The number of allylic oxidation sites excluding steroid dienone is 1. The average Bonchev–Trinajstić information content (AvgIpc) is 3.16. The Labute approximate surface area is 138 Å². The molecule has 0 radical (unpaired) electrons. The molecular weight excluding hydrogens is 314 g/mol. The molecule has 1 saturated heterocycles. The van der Waals surface area contributed by atoms with Crippen molar-refractivity contribution >= 4 is 23.4 Å². The van der Waals surface area contributed by atoms with E-state index in [0.717, 1.165) is 12.1 Å². The number of nitrogens with zero attached hydrogens (tertiary/aromatic N) is 5. The van der Waals surface area contributed by atoms with Gasteiger partial charge in [-0.15, -0.1) is 11.7 Å². The number of ether oxygens (including phenoxy) is 1. The lowest BCUT2D eigenvalue weighted by Crippen LogP contribution is -2.28. The molecule has 0 aliphatic carbocycles. The third kappa shape index (κ3) is 3.07. The van der Waals surface area contributed by atoms with E-state index in [0.29, 0.717) is 24.0 Å². The number of amides is 1. The van der Waals surface area contributed by atoms with E-state index in [4.69, 9.17) is 4.74 Å². The van der Waals surface area contributed by atoms with Crippen molar-refractivity contribution in [1.82, 2.24) is 20.2 Å². The highest BCUT2D eigenvalue weighted by Gasteiger charge is 2.35. The molecule has 0 bridgehead atoms. The third-order valence-electron chi connectivity index (χ3n) is 3.58. The van der Waals surface area contributed by atoms with Crippen molar-refractivity contribution in [2.45, 2.75) is 23.4 Å². The van der Waals surface area contributed by atoms with Gasteiger partial charge in [-0.05, 0) is 29.0 Å². The lowest BCUT2D eigenvalue weighted by Gasteiger charge is -2.19. The summed E-state index contributed by atoms with van der Waals surface area (Å²) >= 11 is 1.39. The molecule has 23 heavy (non-hydrogen) atoms. The third-order valence-corrected chi connectivity index (χ3v) is 4.81. The Kier molecular flexibility index (Phi) is 4.61. The second kappa shape index (κ2) is 6.82. The maximum Gasteiger partial charge on any atom is 0.240 e. The molecule has 0 unspecified atom stereocenters. The summed E-state index contributed by atoms with van der Waals surface area (Å²) < 4.78 is 6.99. The summed E-state index contributed by atoms with van der Waals surface area (Å²) in [4.78, 5) is 14.5. The minimum absolute atomic E-state index is 0.0488. The fourth-order valence-electron chi connectivity index (χ4n) is 2.50. The SMILES string of the molecule is C=CCn1nnnc1S[C@@H]1CCN(c2ccccc2OC)C1=O. The largest absolute Gasteiger partial charge is 0.495 e. The molecule has 1 aromatic heterocycles. The lowest BCUT2D eigenvalue weighted by atomic mass is 10.2. The van der Waals surface area contributed by atoms with E-state index in [2.05, 4.69) is 22.1 Å². The van der Waals surface area contributed by atoms with Crippen LogP contribution in [0.5, 0.6) is 5.75 Å². The molecule has 2 aromatic rings. The van der Waals surface area contributed by atoms with E-state index < -0.39 is 0 Å². The Morgan fingerprint density at radius 3 is 3.09 bits per heavy atom. The topological polar surface area (TPSA) is 73.1 Å². The predicted octanol–water partition coefficient (Wildman–Crippen LogP) is 1.77. The Balaban J connectivity index is 1.76. The number of methoxy groups -OCH3 is 1. The number of rotatable bonds is 6. The van der Waals surface area contributed by atoms with Gasteiger partial charge in [0.2, 0.25) is 11.1 Å². The first-order valence-electron chi connectivity index (χ1n) is 7.22. The molecule has 1 atom stereocenters. The Hall–Kier alpha value is -2.35. The predicted molar refractivity (Wildman–Crippen MR) is 87.6 cm³/mol. The number of para-hydroxylation sites is 2. The molecule has 1 aromatic carbocycles. The van der Waals surface area contributed by atoms with E-state index in [1.54, 1.807) is 22.8 Å². The lowest BCUT2D eigenvalue weighted by molar-refractivity contribution is -0.116. The number of tetrazole rings is 1. The van der Waals surface area contributed by atoms with E-state index >= 15 is 0 Å². The van der Waals surface area contributed by atoms with Crippen LogP contribution in [0, 0.1) is 0 Å². The van der Waals surface area contributed by atoms with Gasteiger partial charge in [0.15, 0.2) is 0 Å². The van der Waals surface area contributed by atoms with Gasteiger partial charge in [-0.2, -0.15) is 0 Å². The van der Waals surface area contributed by atoms with Gasteiger partial charge >= 0.3 is 0 Å². The van der Waals surface area contributed by atoms with Crippen molar-refractivity contribution in [3.8, 4) is 5.75 Å². The number of hydrogen-bond donors (Lipinski definition) is 0. The fraction of sp³-hybridized carbons (Fsp3) is 0.333. The number of benzene rings is 1. The minimum atomic E-state index is -0.200. The maximum absolute atomic E-state index is 12.7. The molecule has 1 amide bonds. The summed E-state index contributed by atoms with van der Waals surface area (Å²) in [6.07, 6.45) is 2.46. The molecule has 2 heterocycles. The van der Waals surface area contributed by atoms with Gasteiger partial charge in [0.05, 0.1) is 24.6 Å². The molecular formula is C15H17N5O2S. The van der Waals surface area contributed by atoms with Gasteiger partial charge < -0.3 is 9.64 Å². The van der Waals surface area contributed by atoms with E-state index in [1.165, 1.54) is 11.8 Å². The second-order valence-corrected chi connectivity index (χ2v) is 6.16. The first-order chi connectivity index (χ1) is 11.2. The minimum Gasteiger partial charge on any atom is -0.495 e. The van der Waals surface area contributed by atoms with Gasteiger partial charge in [-0.25, -0.2) is 4.68 Å². The molecule has 1 fully saturated rings. The number of thioether (sulfide) groups is 1. The van der Waals surface area contributed by atoms with Crippen LogP contribution in [0.2, 0.25) is 0 Å². The molecule has 3 rings (SSSR count). The number of carbonyl (C=O) groups excluding carboxylic acids is 1. The summed E-state index contributed by atoms with van der Waals surface area (Å²) in [7, 11) is 1.61. The molecule has 0 saturated carbocycles. The van der Waals surface area contributed by atoms with Crippen LogP contribution in [-0.4, -0.2) is 45.0 Å². The van der Waals surface area contributed by atoms with Crippen LogP contribution in [0.15, 0.2) is 42.1 Å². The van der Waals surface area contributed by atoms with E-state index in [9.17, 15) is 4.79 Å². The van der Waals surface area contributed by atoms with Gasteiger partial charge in [0.1, 0.15) is 5.75 Å². The highest BCUT2D eigenvalue weighted by molar-refractivity contribution is 8.00. The number of aromatic nitrogens is 4. The summed E-state index contributed by atoms with van der Waals surface area (Å²) in [5.74, 6) is 0.746. The number of carbonyl (C=O) groups is 1. The van der Waals surface area contributed by atoms with Crippen molar-refractivity contribution < 1.29 is 9.53 Å². The second-order valence-electron chi connectivity index (χ2n) is 4.99. The van der Waals surface area contributed by atoms with Crippen molar-refractivity contribution in [2.75, 3.05) is 18.6 Å². The van der Waals surface area contributed by atoms with Crippen molar-refractivity contribution in [2.24, 2.45) is 0 Å². The van der Waals surface area contributed by atoms with Crippen LogP contribution >= 0.6 is 11.8 Å². The standard InChI is InChI=1S/C15H17N5O2S/c1-3-9-20-15(16-17-18-20)23-13-8-10-19(14(13)21)11-6-4-5-7-12(11)22-2/h3-7,13H,1,8-10H2,2H3/t13-/m1/s1. The van der Waals surface area contributed by atoms with Crippen LogP contribution in [0.25, 0.3) is 0 Å². The van der Waals surface area contributed by atoms with Crippen molar-refractivity contribution in [1.29, 1.82) is 0 Å². The molecule has 0 N–H and O–H groups in total. The zero-order chi connectivity index (χ0) is 16.2. The first kappa shape index (κ1) is 15.5. The Morgan fingerprint density at radius 1 is 1.48 bits per heavy atom. The molecule has 1 aliphatic rings. The number of hydrogen-bond acceptors (Lipinski definition) is 6. The van der Waals surface area contributed by atoms with Gasteiger partial charge in [-0.3, -0.25) is 4.79 Å². The highest BCUT2D eigenvalue weighted by atomic mass is 32.2. The quantitative estimate of drug-likeness (QED) is 0.751. The van der Waals surface area contributed by atoms with Gasteiger partial charge in [-0.1, -0.05) is 30.0 Å². The molecule has 0 spiro atoms. The maximum atomic E-state index is 12.7. The molecule has 1 aliphatic heterocycles. The van der Waals surface area contributed by atoms with Crippen LogP contribution in [0.1, 0.15) is 6.42 Å². The van der Waals surface area contributed by atoms with E-state index in [-0.39, 0.29) is 11.2 Å². The molecule has 7 nitrogen and oxygen atoms in total. The monoisotopic (exact) mass is 331 g/mol. The Morgan fingerprint density at radius 2 is 2.30 bits per heavy atom. The van der Waals surface area contributed by atoms with Gasteiger partial charge in [0.25, 0.3) is 0 Å². The molecule has 120 valence electrons. The zero-order valence-electron chi connectivity index (χ0n) is 12.8. The zero-order valence-corrected chi connectivity index (χ0v) is 13.6. The summed E-state index contributed by atoms with van der Waals surface area (Å²) in [6, 6.07) is 7.54. The summed E-state index contributed by atoms with van der Waals surface area (Å²) in [5, 5.41) is 12.0. The van der Waals surface area contributed by atoms with Crippen LogP contribution in [0.3, 0.4) is 0 Å². The summed E-state index contributed by atoms with van der Waals surface area (Å²) in [6.45, 7) is 4.85. The van der Waals surface area contributed by atoms with Crippen LogP contribution < -0.4 is 9.64 Å². The van der Waals surface area contributed by atoms with Crippen molar-refractivity contribution in [3.05, 3.63) is 36.9 Å². The van der Waals surface area contributed by atoms with Crippen molar-refractivity contribution in [3.63, 3.8) is 0 Å². The fourth-order valence-corrected chi connectivity index (χ4v) is 3.52. The average molecular weight is 331 g/mol. The van der Waals surface area contributed by atoms with E-state index in [1.807, 2.05) is 24.3 Å².